The zero-order valence-corrected chi connectivity index (χ0v) is 17.2. The van der Waals surface area contributed by atoms with Crippen LogP contribution in [0.1, 0.15) is 33.2 Å². The lowest BCUT2D eigenvalue weighted by molar-refractivity contribution is 0.0728. The van der Waals surface area contributed by atoms with Gasteiger partial charge in [-0.05, 0) is 61.0 Å². The molecule has 0 bridgehead atoms. The van der Waals surface area contributed by atoms with E-state index in [1.807, 2.05) is 13.0 Å². The van der Waals surface area contributed by atoms with Crippen molar-refractivity contribution in [2.24, 2.45) is 5.10 Å². The number of rotatable bonds is 7. The summed E-state index contributed by atoms with van der Waals surface area (Å²) in [6.45, 7) is 2.35. The molecule has 0 saturated heterocycles. The predicted octanol–water partition coefficient (Wildman–Crippen LogP) is 3.80. The van der Waals surface area contributed by atoms with Crippen LogP contribution in [0.3, 0.4) is 0 Å². The van der Waals surface area contributed by atoms with Gasteiger partial charge in [0.2, 0.25) is 6.79 Å². The SMILES string of the molecule is CCOc1cc(/C=N/NC(=O)c2ccc3c(c2)OCO3)ccc1OC(=O)c1ccccc1. The highest BCUT2D eigenvalue weighted by Gasteiger charge is 2.16. The largest absolute Gasteiger partial charge is 0.490 e. The van der Waals surface area contributed by atoms with Gasteiger partial charge in [0.05, 0.1) is 18.4 Å². The first-order valence-electron chi connectivity index (χ1n) is 9.91. The van der Waals surface area contributed by atoms with Gasteiger partial charge >= 0.3 is 5.97 Å². The van der Waals surface area contributed by atoms with Crippen LogP contribution in [-0.4, -0.2) is 31.5 Å². The predicted molar refractivity (Wildman–Crippen MR) is 117 cm³/mol. The van der Waals surface area contributed by atoms with Crippen LogP contribution >= 0.6 is 0 Å². The van der Waals surface area contributed by atoms with Crippen molar-refractivity contribution in [3.8, 4) is 23.0 Å². The highest BCUT2D eigenvalue weighted by atomic mass is 16.7. The van der Waals surface area contributed by atoms with Crippen LogP contribution in [0.4, 0.5) is 0 Å². The van der Waals surface area contributed by atoms with Crippen LogP contribution in [0.5, 0.6) is 23.0 Å². The number of amides is 1. The van der Waals surface area contributed by atoms with Gasteiger partial charge in [0, 0.05) is 5.56 Å². The lowest BCUT2D eigenvalue weighted by Crippen LogP contribution is -2.17. The summed E-state index contributed by atoms with van der Waals surface area (Å²) in [5.41, 5.74) is 3.95. The molecule has 1 heterocycles. The Balaban J connectivity index is 1.43. The van der Waals surface area contributed by atoms with E-state index in [4.69, 9.17) is 18.9 Å². The number of hydrogen-bond acceptors (Lipinski definition) is 7. The number of ether oxygens (including phenoxy) is 4. The fraction of sp³-hybridized carbons (Fsp3) is 0.125. The van der Waals surface area contributed by atoms with Crippen LogP contribution in [-0.2, 0) is 0 Å². The van der Waals surface area contributed by atoms with E-state index >= 15 is 0 Å². The maximum atomic E-state index is 12.3. The molecule has 4 rings (SSSR count). The Hall–Kier alpha value is -4.33. The maximum Gasteiger partial charge on any atom is 0.343 e. The zero-order valence-electron chi connectivity index (χ0n) is 17.2. The molecule has 0 unspecified atom stereocenters. The Morgan fingerprint density at radius 1 is 0.969 bits per heavy atom. The minimum atomic E-state index is -0.482. The third kappa shape index (κ3) is 4.86. The number of esters is 1. The van der Waals surface area contributed by atoms with E-state index in [0.29, 0.717) is 46.3 Å². The summed E-state index contributed by atoms with van der Waals surface area (Å²) >= 11 is 0. The van der Waals surface area contributed by atoms with Crippen molar-refractivity contribution in [1.29, 1.82) is 0 Å². The minimum absolute atomic E-state index is 0.136. The summed E-state index contributed by atoms with van der Waals surface area (Å²) in [4.78, 5) is 24.7. The third-order valence-electron chi connectivity index (χ3n) is 4.49. The molecule has 0 atom stereocenters. The average molecular weight is 432 g/mol. The second-order valence-corrected chi connectivity index (χ2v) is 6.66. The second kappa shape index (κ2) is 9.65. The summed E-state index contributed by atoms with van der Waals surface area (Å²) in [7, 11) is 0. The van der Waals surface area contributed by atoms with Crippen LogP contribution in [0.25, 0.3) is 0 Å². The number of fused-ring (bicyclic) bond motifs is 1. The fourth-order valence-electron chi connectivity index (χ4n) is 2.96. The average Bonchev–Trinajstić information content (AvgIpc) is 3.29. The molecule has 1 aliphatic heterocycles. The standard InChI is InChI=1S/C24H20N2O6/c1-2-29-21-12-16(8-10-20(21)32-24(28)17-6-4-3-5-7-17)14-25-26-23(27)18-9-11-19-22(13-18)31-15-30-19/h3-14H,2,15H2,1H3,(H,26,27)/b25-14+. The lowest BCUT2D eigenvalue weighted by atomic mass is 10.2. The molecule has 0 radical (unpaired) electrons. The van der Waals surface area contributed by atoms with Crippen LogP contribution in [0.2, 0.25) is 0 Å². The molecule has 3 aromatic rings. The molecular formula is C24H20N2O6. The van der Waals surface area contributed by atoms with Crippen molar-refractivity contribution in [1.82, 2.24) is 5.43 Å². The number of benzene rings is 3. The quantitative estimate of drug-likeness (QED) is 0.264. The normalized spacial score (nSPS) is 11.9. The summed E-state index contributed by atoms with van der Waals surface area (Å²) < 4.78 is 21.6. The molecule has 0 saturated carbocycles. The Bertz CT molecular complexity index is 1160. The number of nitrogens with zero attached hydrogens (tertiary/aromatic N) is 1. The van der Waals surface area contributed by atoms with Crippen molar-refractivity contribution >= 4 is 18.1 Å². The van der Waals surface area contributed by atoms with Crippen LogP contribution in [0.15, 0.2) is 71.8 Å². The van der Waals surface area contributed by atoms with E-state index in [1.54, 1.807) is 60.7 Å². The lowest BCUT2D eigenvalue weighted by Gasteiger charge is -2.11. The molecule has 32 heavy (non-hydrogen) atoms. The van der Waals surface area contributed by atoms with Gasteiger partial charge in [0.1, 0.15) is 0 Å². The molecule has 0 spiro atoms. The van der Waals surface area contributed by atoms with E-state index in [1.165, 1.54) is 6.21 Å². The summed E-state index contributed by atoms with van der Waals surface area (Å²) in [5.74, 6) is 0.928. The topological polar surface area (TPSA) is 95.5 Å². The first-order valence-corrected chi connectivity index (χ1v) is 9.91. The Morgan fingerprint density at radius 3 is 2.59 bits per heavy atom. The van der Waals surface area contributed by atoms with Gasteiger partial charge in [-0.15, -0.1) is 0 Å². The van der Waals surface area contributed by atoms with Crippen molar-refractivity contribution in [2.45, 2.75) is 6.92 Å². The number of hydrazone groups is 1. The first-order chi connectivity index (χ1) is 15.6. The van der Waals surface area contributed by atoms with Gasteiger partial charge in [0.25, 0.3) is 5.91 Å². The Kier molecular flexibility index (Phi) is 6.31. The molecule has 0 fully saturated rings. The summed E-state index contributed by atoms with van der Waals surface area (Å²) in [5, 5.41) is 3.99. The molecular weight excluding hydrogens is 412 g/mol. The van der Waals surface area contributed by atoms with Crippen molar-refractivity contribution in [3.05, 3.63) is 83.4 Å². The van der Waals surface area contributed by atoms with E-state index in [0.717, 1.165) is 0 Å². The van der Waals surface area contributed by atoms with Crippen molar-refractivity contribution in [2.75, 3.05) is 13.4 Å². The molecule has 0 aromatic heterocycles. The highest BCUT2D eigenvalue weighted by molar-refractivity contribution is 5.95. The second-order valence-electron chi connectivity index (χ2n) is 6.66. The van der Waals surface area contributed by atoms with Gasteiger partial charge in [-0.2, -0.15) is 5.10 Å². The van der Waals surface area contributed by atoms with Crippen molar-refractivity contribution < 1.29 is 28.5 Å². The number of nitrogens with one attached hydrogen (secondary N) is 1. The van der Waals surface area contributed by atoms with Gasteiger partial charge in [-0.25, -0.2) is 10.2 Å². The van der Waals surface area contributed by atoms with E-state index in [-0.39, 0.29) is 6.79 Å². The Morgan fingerprint density at radius 2 is 1.78 bits per heavy atom. The molecule has 8 heteroatoms. The monoisotopic (exact) mass is 432 g/mol. The molecule has 1 amide bonds. The van der Waals surface area contributed by atoms with Crippen molar-refractivity contribution in [3.63, 3.8) is 0 Å². The van der Waals surface area contributed by atoms with Gasteiger partial charge in [0.15, 0.2) is 23.0 Å². The first kappa shape index (κ1) is 20.9. The van der Waals surface area contributed by atoms with E-state index < -0.39 is 11.9 Å². The summed E-state index contributed by atoms with van der Waals surface area (Å²) in [6, 6.07) is 18.6. The summed E-state index contributed by atoms with van der Waals surface area (Å²) in [6.07, 6.45) is 1.47. The zero-order chi connectivity index (χ0) is 22.3. The number of carbonyl (C=O) groups excluding carboxylic acids is 2. The van der Waals surface area contributed by atoms with Gasteiger partial charge < -0.3 is 18.9 Å². The third-order valence-corrected chi connectivity index (χ3v) is 4.49. The van der Waals surface area contributed by atoms with Crippen LogP contribution < -0.4 is 24.4 Å². The maximum absolute atomic E-state index is 12.3. The Labute approximate surface area is 184 Å². The number of hydrogen-bond donors (Lipinski definition) is 1. The van der Waals surface area contributed by atoms with Gasteiger partial charge in [-0.1, -0.05) is 18.2 Å². The minimum Gasteiger partial charge on any atom is -0.490 e. The molecule has 162 valence electrons. The van der Waals surface area contributed by atoms with Gasteiger partial charge in [-0.3, -0.25) is 4.79 Å². The fourth-order valence-corrected chi connectivity index (χ4v) is 2.96. The molecule has 1 aliphatic rings. The number of carbonyl (C=O) groups is 2. The molecule has 0 aliphatic carbocycles. The highest BCUT2D eigenvalue weighted by Crippen LogP contribution is 2.32. The van der Waals surface area contributed by atoms with Crippen LogP contribution in [0, 0.1) is 0 Å². The van der Waals surface area contributed by atoms with E-state index in [9.17, 15) is 9.59 Å². The molecule has 3 aromatic carbocycles. The molecule has 8 nitrogen and oxygen atoms in total. The molecule has 1 N–H and O–H groups in total. The van der Waals surface area contributed by atoms with E-state index in [2.05, 4.69) is 10.5 Å². The smallest absolute Gasteiger partial charge is 0.343 e.